The Balaban J connectivity index is 2.35. The van der Waals surface area contributed by atoms with E-state index in [4.69, 9.17) is 0 Å². The van der Waals surface area contributed by atoms with E-state index in [9.17, 15) is 4.79 Å². The normalized spacial score (nSPS) is 19.8. The maximum atomic E-state index is 10.9. The molecule has 1 fully saturated rings. The SMILES string of the molecule is COC(=O)NCC1(SC)CCCC1. The second kappa shape index (κ2) is 4.74. The van der Waals surface area contributed by atoms with Gasteiger partial charge in [0.15, 0.2) is 0 Å². The number of amides is 1. The zero-order valence-corrected chi connectivity index (χ0v) is 9.08. The monoisotopic (exact) mass is 203 g/mol. The summed E-state index contributed by atoms with van der Waals surface area (Å²) in [5.41, 5.74) is 0. The molecule has 76 valence electrons. The van der Waals surface area contributed by atoms with Crippen LogP contribution in [-0.2, 0) is 4.74 Å². The van der Waals surface area contributed by atoms with Crippen LogP contribution in [0.5, 0.6) is 0 Å². The quantitative estimate of drug-likeness (QED) is 0.762. The zero-order valence-electron chi connectivity index (χ0n) is 8.26. The minimum Gasteiger partial charge on any atom is -0.453 e. The van der Waals surface area contributed by atoms with Gasteiger partial charge < -0.3 is 10.1 Å². The molecule has 1 amide bonds. The Labute approximate surface area is 83.6 Å². The standard InChI is InChI=1S/C9H17NO2S/c1-12-8(11)10-7-9(13-2)5-3-4-6-9/h3-7H2,1-2H3,(H,10,11). The van der Waals surface area contributed by atoms with Gasteiger partial charge in [0, 0.05) is 11.3 Å². The summed E-state index contributed by atoms with van der Waals surface area (Å²) < 4.78 is 4.81. The van der Waals surface area contributed by atoms with Crippen molar-refractivity contribution in [1.82, 2.24) is 5.32 Å². The van der Waals surface area contributed by atoms with E-state index in [2.05, 4.69) is 16.3 Å². The van der Waals surface area contributed by atoms with Crippen molar-refractivity contribution in [3.05, 3.63) is 0 Å². The van der Waals surface area contributed by atoms with Crippen LogP contribution < -0.4 is 5.32 Å². The van der Waals surface area contributed by atoms with Crippen molar-refractivity contribution in [3.8, 4) is 0 Å². The van der Waals surface area contributed by atoms with Crippen LogP contribution in [0.2, 0.25) is 0 Å². The summed E-state index contributed by atoms with van der Waals surface area (Å²) in [5.74, 6) is 0. The van der Waals surface area contributed by atoms with Crippen molar-refractivity contribution in [2.24, 2.45) is 0 Å². The van der Waals surface area contributed by atoms with Gasteiger partial charge in [0.2, 0.25) is 0 Å². The van der Waals surface area contributed by atoms with Crippen LogP contribution in [0.15, 0.2) is 0 Å². The Bertz CT molecular complexity index is 178. The van der Waals surface area contributed by atoms with E-state index in [1.54, 1.807) is 0 Å². The highest BCUT2D eigenvalue weighted by Gasteiger charge is 2.33. The van der Waals surface area contributed by atoms with Crippen molar-refractivity contribution in [3.63, 3.8) is 0 Å². The lowest BCUT2D eigenvalue weighted by atomic mass is 10.1. The minimum absolute atomic E-state index is 0.272. The van der Waals surface area contributed by atoms with Crippen molar-refractivity contribution in [1.29, 1.82) is 0 Å². The number of nitrogens with one attached hydrogen (secondary N) is 1. The van der Waals surface area contributed by atoms with Gasteiger partial charge in [0.25, 0.3) is 0 Å². The molecule has 0 bridgehead atoms. The number of carbonyl (C=O) groups is 1. The van der Waals surface area contributed by atoms with Gasteiger partial charge in [-0.15, -0.1) is 0 Å². The van der Waals surface area contributed by atoms with Crippen LogP contribution in [-0.4, -0.2) is 30.8 Å². The molecule has 1 rings (SSSR count). The molecule has 0 radical (unpaired) electrons. The number of hydrogen-bond acceptors (Lipinski definition) is 3. The Hall–Kier alpha value is -0.380. The summed E-state index contributed by atoms with van der Waals surface area (Å²) in [6, 6.07) is 0. The Morgan fingerprint density at radius 1 is 1.54 bits per heavy atom. The molecule has 3 nitrogen and oxygen atoms in total. The number of thioether (sulfide) groups is 1. The minimum atomic E-state index is -0.319. The largest absolute Gasteiger partial charge is 0.453 e. The molecule has 1 aliphatic rings. The van der Waals surface area contributed by atoms with Crippen molar-refractivity contribution in [2.75, 3.05) is 19.9 Å². The second-order valence-electron chi connectivity index (χ2n) is 3.44. The first-order valence-corrected chi connectivity index (χ1v) is 5.82. The molecular weight excluding hydrogens is 186 g/mol. The fourth-order valence-electron chi connectivity index (χ4n) is 1.78. The van der Waals surface area contributed by atoms with E-state index in [-0.39, 0.29) is 10.8 Å². The maximum Gasteiger partial charge on any atom is 0.406 e. The summed E-state index contributed by atoms with van der Waals surface area (Å²) in [4.78, 5) is 10.9. The van der Waals surface area contributed by atoms with Crippen molar-refractivity contribution >= 4 is 17.9 Å². The Morgan fingerprint density at radius 2 is 2.15 bits per heavy atom. The third-order valence-electron chi connectivity index (χ3n) is 2.69. The van der Waals surface area contributed by atoms with Gasteiger partial charge in [-0.2, -0.15) is 11.8 Å². The number of methoxy groups -OCH3 is 1. The van der Waals surface area contributed by atoms with E-state index in [0.29, 0.717) is 0 Å². The fraction of sp³-hybridized carbons (Fsp3) is 0.889. The van der Waals surface area contributed by atoms with Gasteiger partial charge >= 0.3 is 6.09 Å². The molecule has 0 aliphatic heterocycles. The number of ether oxygens (including phenoxy) is 1. The lowest BCUT2D eigenvalue weighted by Gasteiger charge is -2.26. The van der Waals surface area contributed by atoms with E-state index in [0.717, 1.165) is 6.54 Å². The second-order valence-corrected chi connectivity index (χ2v) is 4.71. The number of rotatable bonds is 3. The molecular formula is C9H17NO2S. The summed E-state index contributed by atoms with van der Waals surface area (Å²) in [7, 11) is 1.40. The average molecular weight is 203 g/mol. The van der Waals surface area contributed by atoms with Gasteiger partial charge in [-0.3, -0.25) is 0 Å². The predicted octanol–water partition coefficient (Wildman–Crippen LogP) is 2.02. The van der Waals surface area contributed by atoms with Gasteiger partial charge in [-0.25, -0.2) is 4.79 Å². The molecule has 0 unspecified atom stereocenters. The molecule has 0 aromatic rings. The van der Waals surface area contributed by atoms with Crippen LogP contribution in [0, 0.1) is 0 Å². The third-order valence-corrected chi connectivity index (χ3v) is 4.11. The van der Waals surface area contributed by atoms with Crippen LogP contribution in [0.4, 0.5) is 4.79 Å². The van der Waals surface area contributed by atoms with Crippen LogP contribution in [0.3, 0.4) is 0 Å². The van der Waals surface area contributed by atoms with Gasteiger partial charge in [0.05, 0.1) is 7.11 Å². The summed E-state index contributed by atoms with van der Waals surface area (Å²) in [6.07, 6.45) is 6.77. The molecule has 0 saturated heterocycles. The van der Waals surface area contributed by atoms with Crippen molar-refractivity contribution in [2.45, 2.75) is 30.4 Å². The Kier molecular flexibility index (Phi) is 3.90. The summed E-state index contributed by atoms with van der Waals surface area (Å²) in [5, 5.41) is 2.78. The van der Waals surface area contributed by atoms with Crippen LogP contribution in [0.1, 0.15) is 25.7 Å². The molecule has 0 spiro atoms. The molecule has 0 aromatic heterocycles. The van der Waals surface area contributed by atoms with Gasteiger partial charge in [-0.1, -0.05) is 12.8 Å². The lowest BCUT2D eigenvalue weighted by molar-refractivity contribution is 0.170. The third kappa shape index (κ3) is 2.79. The topological polar surface area (TPSA) is 38.3 Å². The summed E-state index contributed by atoms with van der Waals surface area (Å²) in [6.45, 7) is 0.737. The number of alkyl carbamates (subject to hydrolysis) is 1. The first-order chi connectivity index (χ1) is 6.22. The average Bonchev–Trinajstić information content (AvgIpc) is 2.63. The van der Waals surface area contributed by atoms with Crippen LogP contribution in [0.25, 0.3) is 0 Å². The van der Waals surface area contributed by atoms with Crippen LogP contribution >= 0.6 is 11.8 Å². The van der Waals surface area contributed by atoms with Gasteiger partial charge in [0.1, 0.15) is 0 Å². The predicted molar refractivity (Wildman–Crippen MR) is 55.1 cm³/mol. The van der Waals surface area contributed by atoms with E-state index in [1.165, 1.54) is 32.8 Å². The number of carbonyl (C=O) groups excluding carboxylic acids is 1. The highest BCUT2D eigenvalue weighted by molar-refractivity contribution is 8.00. The Morgan fingerprint density at radius 3 is 2.62 bits per heavy atom. The zero-order chi connectivity index (χ0) is 9.73. The van der Waals surface area contributed by atoms with Crippen molar-refractivity contribution < 1.29 is 9.53 Å². The molecule has 4 heteroatoms. The smallest absolute Gasteiger partial charge is 0.406 e. The van der Waals surface area contributed by atoms with E-state index >= 15 is 0 Å². The number of hydrogen-bond donors (Lipinski definition) is 1. The maximum absolute atomic E-state index is 10.9. The molecule has 0 heterocycles. The van der Waals surface area contributed by atoms with Gasteiger partial charge in [-0.05, 0) is 19.1 Å². The molecule has 13 heavy (non-hydrogen) atoms. The molecule has 1 aliphatic carbocycles. The molecule has 0 atom stereocenters. The lowest BCUT2D eigenvalue weighted by Crippen LogP contribution is -2.38. The van der Waals surface area contributed by atoms with E-state index in [1.807, 2.05) is 11.8 Å². The first kappa shape index (κ1) is 10.7. The fourth-order valence-corrected chi connectivity index (χ4v) is 2.69. The molecule has 1 N–H and O–H groups in total. The highest BCUT2D eigenvalue weighted by atomic mass is 32.2. The molecule has 1 saturated carbocycles. The summed E-state index contributed by atoms with van der Waals surface area (Å²) >= 11 is 1.86. The van der Waals surface area contributed by atoms with E-state index < -0.39 is 0 Å². The first-order valence-electron chi connectivity index (χ1n) is 4.59. The highest BCUT2D eigenvalue weighted by Crippen LogP contribution is 2.39. The molecule has 0 aromatic carbocycles.